The second kappa shape index (κ2) is 8.19. The first-order chi connectivity index (χ1) is 15.6. The fourth-order valence-electron chi connectivity index (χ4n) is 3.82. The molecule has 3 N–H and O–H groups in total. The highest BCUT2D eigenvalue weighted by atomic mass is 19.3. The van der Waals surface area contributed by atoms with Gasteiger partial charge in [0.25, 0.3) is 0 Å². The summed E-state index contributed by atoms with van der Waals surface area (Å²) in [4.78, 5) is 41.9. The summed E-state index contributed by atoms with van der Waals surface area (Å²) in [6.07, 6.45) is -2.11. The van der Waals surface area contributed by atoms with Crippen LogP contribution < -0.4 is 20.1 Å². The van der Waals surface area contributed by atoms with Crippen LogP contribution in [-0.4, -0.2) is 52.3 Å². The summed E-state index contributed by atoms with van der Waals surface area (Å²) in [6.45, 7) is 1.56. The molecule has 0 spiro atoms. The van der Waals surface area contributed by atoms with Crippen molar-refractivity contribution >= 4 is 23.7 Å². The van der Waals surface area contributed by atoms with Crippen LogP contribution in [0.4, 0.5) is 19.4 Å². The molecule has 10 nitrogen and oxygen atoms in total. The number of hydrogen-bond acceptors (Lipinski definition) is 7. The molecule has 1 aromatic carbocycles. The van der Waals surface area contributed by atoms with Gasteiger partial charge in [-0.15, -0.1) is 8.78 Å². The van der Waals surface area contributed by atoms with Crippen molar-refractivity contribution < 1.29 is 37.7 Å². The third-order valence-corrected chi connectivity index (χ3v) is 5.49. The Bertz CT molecular complexity index is 1130. The number of likely N-dealkylation sites (tertiary alicyclic amines) is 1. The molecule has 2 aromatic rings. The number of aromatic nitrogens is 1. The minimum absolute atomic E-state index is 0.128. The first kappa shape index (κ1) is 22.2. The van der Waals surface area contributed by atoms with Crippen LogP contribution in [0.5, 0.6) is 11.5 Å². The van der Waals surface area contributed by atoms with Gasteiger partial charge in [0.05, 0.1) is 12.0 Å². The van der Waals surface area contributed by atoms with Gasteiger partial charge < -0.3 is 25.2 Å². The van der Waals surface area contributed by atoms with Gasteiger partial charge in [0.1, 0.15) is 5.82 Å². The number of amides is 3. The lowest BCUT2D eigenvalue weighted by molar-refractivity contribution is -0.286. The Morgan fingerprint density at radius 3 is 2.67 bits per heavy atom. The average molecular weight is 462 g/mol. The Labute approximate surface area is 186 Å². The van der Waals surface area contributed by atoms with E-state index in [0.29, 0.717) is 21.8 Å². The maximum atomic E-state index is 13.2. The molecule has 4 rings (SSSR count). The summed E-state index contributed by atoms with van der Waals surface area (Å²) in [7, 11) is 1.68. The van der Waals surface area contributed by atoms with E-state index in [4.69, 9.17) is 0 Å². The number of benzene rings is 1. The van der Waals surface area contributed by atoms with Gasteiger partial charge in [-0.05, 0) is 48.7 Å². The number of ether oxygens (including phenoxy) is 2. The predicted molar refractivity (Wildman–Crippen MR) is 109 cm³/mol. The number of carbonyl (C=O) groups is 3. The Balaban J connectivity index is 1.44. The van der Waals surface area contributed by atoms with Gasteiger partial charge in [-0.2, -0.15) is 0 Å². The number of imide groups is 1. The Hall–Kier alpha value is -3.96. The zero-order valence-corrected chi connectivity index (χ0v) is 17.5. The maximum Gasteiger partial charge on any atom is 0.586 e. The number of pyridine rings is 1. The SMILES string of the molecule is CNc1cc(C[C@H]2C(=O)N(C(=O)N[C@H](C)c3ccc4c(c3)OC(F)(F)O4)[C@@H]2C(=O)O)ccn1. The molecule has 0 radical (unpaired) electrons. The van der Waals surface area contributed by atoms with Crippen LogP contribution in [0.25, 0.3) is 0 Å². The van der Waals surface area contributed by atoms with E-state index in [1.165, 1.54) is 24.4 Å². The number of carboxylic acids is 1. The van der Waals surface area contributed by atoms with Gasteiger partial charge in [0, 0.05) is 13.2 Å². The first-order valence-corrected chi connectivity index (χ1v) is 9.98. The summed E-state index contributed by atoms with van der Waals surface area (Å²) in [5.74, 6) is -2.62. The molecule has 3 amide bonds. The van der Waals surface area contributed by atoms with E-state index in [9.17, 15) is 28.3 Å². The number of anilines is 1. The molecule has 2 aliphatic heterocycles. The van der Waals surface area contributed by atoms with Crippen LogP contribution in [0.3, 0.4) is 0 Å². The molecule has 1 saturated heterocycles. The van der Waals surface area contributed by atoms with Gasteiger partial charge in [-0.1, -0.05) is 6.07 Å². The number of halogens is 2. The van der Waals surface area contributed by atoms with Gasteiger partial charge in [-0.25, -0.2) is 19.5 Å². The second-order valence-electron chi connectivity index (χ2n) is 7.65. The average Bonchev–Trinajstić information content (AvgIpc) is 3.07. The monoisotopic (exact) mass is 462 g/mol. The van der Waals surface area contributed by atoms with E-state index in [2.05, 4.69) is 25.1 Å². The summed E-state index contributed by atoms with van der Waals surface area (Å²) >= 11 is 0. The van der Waals surface area contributed by atoms with Crippen LogP contribution in [0, 0.1) is 5.92 Å². The van der Waals surface area contributed by atoms with E-state index in [-0.39, 0.29) is 17.9 Å². The zero-order chi connectivity index (χ0) is 23.9. The summed E-state index contributed by atoms with van der Waals surface area (Å²) in [5, 5.41) is 15.0. The lowest BCUT2D eigenvalue weighted by Gasteiger charge is -2.43. The summed E-state index contributed by atoms with van der Waals surface area (Å²) < 4.78 is 35.2. The van der Waals surface area contributed by atoms with Crippen LogP contribution in [-0.2, 0) is 16.0 Å². The van der Waals surface area contributed by atoms with E-state index >= 15 is 0 Å². The standard InChI is InChI=1S/C21H20F2N4O6/c1-10(12-3-4-14-15(9-12)33-21(22,23)32-14)26-20(31)27-17(19(29)30)13(18(27)28)7-11-5-6-25-16(8-11)24-2/h3-6,8-10,13,17H,7H2,1-2H3,(H,24,25)(H,26,31)(H,29,30)/t10-,13-,17+/m1/s1. The number of carboxylic acid groups (broad SMARTS) is 1. The third kappa shape index (κ3) is 4.23. The highest BCUT2D eigenvalue weighted by Crippen LogP contribution is 2.42. The number of nitrogens with zero attached hydrogens (tertiary/aromatic N) is 2. The van der Waals surface area contributed by atoms with Gasteiger partial charge in [0.2, 0.25) is 5.91 Å². The van der Waals surface area contributed by atoms with Crippen molar-refractivity contribution in [1.29, 1.82) is 0 Å². The third-order valence-electron chi connectivity index (χ3n) is 5.49. The normalized spacial score (nSPS) is 21.2. The predicted octanol–water partition coefficient (Wildman–Crippen LogP) is 2.37. The molecule has 3 atom stereocenters. The Morgan fingerprint density at radius 2 is 1.97 bits per heavy atom. The number of β-lactam (4-membered cyclic amide) rings is 1. The molecule has 1 fully saturated rings. The molecule has 0 bridgehead atoms. The van der Waals surface area contributed by atoms with Crippen molar-refractivity contribution in [2.75, 3.05) is 12.4 Å². The molecule has 1 aromatic heterocycles. The van der Waals surface area contributed by atoms with Crippen molar-refractivity contribution in [3.8, 4) is 11.5 Å². The van der Waals surface area contributed by atoms with E-state index in [1.54, 1.807) is 26.1 Å². The molecular weight excluding hydrogens is 442 g/mol. The number of hydrogen-bond donors (Lipinski definition) is 3. The molecule has 0 aliphatic carbocycles. The van der Waals surface area contributed by atoms with Crippen LogP contribution in [0.1, 0.15) is 24.1 Å². The topological polar surface area (TPSA) is 130 Å². The van der Waals surface area contributed by atoms with Crippen molar-refractivity contribution in [1.82, 2.24) is 15.2 Å². The Kier molecular flexibility index (Phi) is 5.52. The van der Waals surface area contributed by atoms with Crippen LogP contribution in [0.2, 0.25) is 0 Å². The number of fused-ring (bicyclic) bond motifs is 1. The van der Waals surface area contributed by atoms with Gasteiger partial charge in [-0.3, -0.25) is 4.79 Å². The molecular formula is C21H20F2N4O6. The van der Waals surface area contributed by atoms with Crippen LogP contribution >= 0.6 is 0 Å². The molecule has 3 heterocycles. The van der Waals surface area contributed by atoms with Gasteiger partial charge >= 0.3 is 18.3 Å². The minimum atomic E-state index is -3.77. The lowest BCUT2D eigenvalue weighted by atomic mass is 9.82. The summed E-state index contributed by atoms with van der Waals surface area (Å²) in [5.41, 5.74) is 1.10. The van der Waals surface area contributed by atoms with Crippen molar-refractivity contribution in [3.05, 3.63) is 47.7 Å². The number of urea groups is 1. The summed E-state index contributed by atoms with van der Waals surface area (Å²) in [6, 6.07) is 4.39. The molecule has 0 unspecified atom stereocenters. The van der Waals surface area contributed by atoms with Crippen molar-refractivity contribution in [3.63, 3.8) is 0 Å². The first-order valence-electron chi connectivity index (χ1n) is 9.98. The maximum absolute atomic E-state index is 13.2. The molecule has 2 aliphatic rings. The van der Waals surface area contributed by atoms with Crippen molar-refractivity contribution in [2.45, 2.75) is 31.7 Å². The zero-order valence-electron chi connectivity index (χ0n) is 17.5. The second-order valence-corrected chi connectivity index (χ2v) is 7.65. The van der Waals surface area contributed by atoms with Crippen molar-refractivity contribution in [2.24, 2.45) is 5.92 Å². The quantitative estimate of drug-likeness (QED) is 0.558. The number of carbonyl (C=O) groups excluding carboxylic acids is 2. The highest BCUT2D eigenvalue weighted by Gasteiger charge is 2.54. The van der Waals surface area contributed by atoms with Crippen LogP contribution in [0.15, 0.2) is 36.5 Å². The van der Waals surface area contributed by atoms with Gasteiger partial charge in [0.15, 0.2) is 17.5 Å². The lowest BCUT2D eigenvalue weighted by Crippen LogP contribution is -2.68. The smallest absolute Gasteiger partial charge is 0.480 e. The fraction of sp³-hybridized carbons (Fsp3) is 0.333. The molecule has 0 saturated carbocycles. The van der Waals surface area contributed by atoms with E-state index in [0.717, 1.165) is 0 Å². The largest absolute Gasteiger partial charge is 0.586 e. The number of aliphatic carboxylic acids is 1. The Morgan fingerprint density at radius 1 is 1.24 bits per heavy atom. The van der Waals surface area contributed by atoms with E-state index < -0.39 is 42.2 Å². The molecule has 33 heavy (non-hydrogen) atoms. The fourth-order valence-corrected chi connectivity index (χ4v) is 3.82. The number of alkyl halides is 2. The highest BCUT2D eigenvalue weighted by molar-refractivity contribution is 6.07. The minimum Gasteiger partial charge on any atom is -0.480 e. The number of rotatable bonds is 6. The molecule has 12 heteroatoms. The molecule has 174 valence electrons. The van der Waals surface area contributed by atoms with E-state index in [1.807, 2.05) is 0 Å². The number of nitrogens with one attached hydrogen (secondary N) is 2.